The quantitative estimate of drug-likeness (QED) is 0.454. The second-order valence-corrected chi connectivity index (χ2v) is 7.57. The maximum Gasteiger partial charge on any atom is 0.286 e. The Morgan fingerprint density at radius 1 is 1.06 bits per heavy atom. The van der Waals surface area contributed by atoms with Crippen LogP contribution in [0.25, 0.3) is 0 Å². The van der Waals surface area contributed by atoms with Gasteiger partial charge in [-0.25, -0.2) is 0 Å². The summed E-state index contributed by atoms with van der Waals surface area (Å²) < 4.78 is 21.7. The number of amides is 2. The third-order valence-corrected chi connectivity index (χ3v) is 4.77. The Hall–Kier alpha value is -4.02. The normalized spacial score (nSPS) is 12.1. The summed E-state index contributed by atoms with van der Waals surface area (Å²) in [7, 11) is 1.45. The van der Waals surface area contributed by atoms with Gasteiger partial charge >= 0.3 is 0 Å². The molecule has 3 rings (SSSR count). The Bertz CT molecular complexity index is 1050. The number of fused-ring (bicyclic) bond motifs is 1. The molecule has 0 aliphatic carbocycles. The Balaban J connectivity index is 1.69. The van der Waals surface area contributed by atoms with Crippen molar-refractivity contribution in [3.8, 4) is 23.0 Å². The van der Waals surface area contributed by atoms with Crippen LogP contribution in [0.2, 0.25) is 0 Å². The number of nitrogens with zero attached hydrogens (tertiary/aromatic N) is 1. The summed E-state index contributed by atoms with van der Waals surface area (Å²) >= 11 is 0. The number of nitro groups is 1. The number of ether oxygens (including phenoxy) is 4. The Kier molecular flexibility index (Phi) is 7.54. The standard InChI is InChI=1S/C22H25N3O8/c1-13(2)6-7-31-17-5-4-14(10-18(17)30-3)21(26)23-24-22(27)15-11-19-20(33-9-8-32-19)12-16(15)25(28)29/h4-5,10-13H,6-9H2,1-3H3,(H,23,26)(H,24,27). The highest BCUT2D eigenvalue weighted by Gasteiger charge is 2.26. The van der Waals surface area contributed by atoms with Crippen LogP contribution in [-0.4, -0.2) is 43.7 Å². The zero-order valence-corrected chi connectivity index (χ0v) is 18.5. The molecule has 0 saturated carbocycles. The number of hydrogen-bond donors (Lipinski definition) is 2. The molecule has 0 radical (unpaired) electrons. The van der Waals surface area contributed by atoms with E-state index in [0.717, 1.165) is 12.5 Å². The van der Waals surface area contributed by atoms with Gasteiger partial charge < -0.3 is 18.9 Å². The third kappa shape index (κ3) is 5.82. The van der Waals surface area contributed by atoms with Crippen LogP contribution in [0.1, 0.15) is 41.0 Å². The van der Waals surface area contributed by atoms with Gasteiger partial charge in [0.15, 0.2) is 23.0 Å². The number of methoxy groups -OCH3 is 1. The molecule has 2 N–H and O–H groups in total. The summed E-state index contributed by atoms with van der Waals surface area (Å²) in [5.41, 5.74) is 3.87. The second-order valence-electron chi connectivity index (χ2n) is 7.57. The summed E-state index contributed by atoms with van der Waals surface area (Å²) in [5, 5.41) is 11.4. The van der Waals surface area contributed by atoms with Gasteiger partial charge in [0.2, 0.25) is 0 Å². The molecule has 2 aromatic carbocycles. The lowest BCUT2D eigenvalue weighted by Crippen LogP contribution is -2.41. The highest BCUT2D eigenvalue weighted by Crippen LogP contribution is 2.36. The molecule has 176 valence electrons. The van der Waals surface area contributed by atoms with Crippen molar-refractivity contribution in [3.63, 3.8) is 0 Å². The van der Waals surface area contributed by atoms with E-state index in [1.54, 1.807) is 6.07 Å². The predicted octanol–water partition coefficient (Wildman–Crippen LogP) is 2.87. The van der Waals surface area contributed by atoms with Gasteiger partial charge in [-0.3, -0.25) is 30.6 Å². The fourth-order valence-corrected chi connectivity index (χ4v) is 3.00. The average Bonchev–Trinajstić information content (AvgIpc) is 2.81. The van der Waals surface area contributed by atoms with Crippen molar-refractivity contribution in [2.75, 3.05) is 26.9 Å². The van der Waals surface area contributed by atoms with Crippen molar-refractivity contribution >= 4 is 17.5 Å². The zero-order chi connectivity index (χ0) is 24.0. The number of nitro benzene ring substituents is 1. The number of carbonyl (C=O) groups is 2. The fourth-order valence-electron chi connectivity index (χ4n) is 3.00. The molecule has 33 heavy (non-hydrogen) atoms. The van der Waals surface area contributed by atoms with Crippen LogP contribution in [0, 0.1) is 16.0 Å². The SMILES string of the molecule is COc1cc(C(=O)NNC(=O)c2cc3c(cc2[N+](=O)[O-])OCCO3)ccc1OCCC(C)C. The lowest BCUT2D eigenvalue weighted by molar-refractivity contribution is -0.385. The van der Waals surface area contributed by atoms with Crippen molar-refractivity contribution < 1.29 is 33.5 Å². The summed E-state index contributed by atoms with van der Waals surface area (Å²) in [6, 6.07) is 6.91. The summed E-state index contributed by atoms with van der Waals surface area (Å²) in [5.74, 6) is 0.196. The van der Waals surface area contributed by atoms with Gasteiger partial charge in [-0.1, -0.05) is 13.8 Å². The Morgan fingerprint density at radius 3 is 2.36 bits per heavy atom. The molecule has 11 heteroatoms. The monoisotopic (exact) mass is 459 g/mol. The first-order valence-corrected chi connectivity index (χ1v) is 10.3. The number of rotatable bonds is 8. The minimum atomic E-state index is -0.882. The van der Waals surface area contributed by atoms with E-state index in [4.69, 9.17) is 18.9 Å². The van der Waals surface area contributed by atoms with E-state index in [1.165, 1.54) is 25.3 Å². The minimum Gasteiger partial charge on any atom is -0.493 e. The highest BCUT2D eigenvalue weighted by atomic mass is 16.6. The van der Waals surface area contributed by atoms with E-state index in [2.05, 4.69) is 24.7 Å². The highest BCUT2D eigenvalue weighted by molar-refractivity contribution is 6.02. The molecule has 2 aromatic rings. The van der Waals surface area contributed by atoms with Crippen molar-refractivity contribution in [1.82, 2.24) is 10.9 Å². The van der Waals surface area contributed by atoms with E-state index in [9.17, 15) is 19.7 Å². The first-order chi connectivity index (χ1) is 15.8. The van der Waals surface area contributed by atoms with Crippen molar-refractivity contribution in [3.05, 3.63) is 51.6 Å². The predicted molar refractivity (Wildman–Crippen MR) is 117 cm³/mol. The van der Waals surface area contributed by atoms with Crippen LogP contribution in [0.3, 0.4) is 0 Å². The lowest BCUT2D eigenvalue weighted by Gasteiger charge is -2.19. The minimum absolute atomic E-state index is 0.177. The molecular formula is C22H25N3O8. The zero-order valence-electron chi connectivity index (χ0n) is 18.5. The van der Waals surface area contributed by atoms with Gasteiger partial charge in [0, 0.05) is 11.6 Å². The molecule has 0 bridgehead atoms. The fraction of sp³-hybridized carbons (Fsp3) is 0.364. The Labute approximate surface area is 190 Å². The summed E-state index contributed by atoms with van der Waals surface area (Å²) in [4.78, 5) is 35.8. The van der Waals surface area contributed by atoms with Crippen LogP contribution in [0.5, 0.6) is 23.0 Å². The average molecular weight is 459 g/mol. The van der Waals surface area contributed by atoms with Gasteiger partial charge in [0.25, 0.3) is 17.5 Å². The van der Waals surface area contributed by atoms with E-state index in [0.29, 0.717) is 24.0 Å². The molecule has 0 unspecified atom stereocenters. The van der Waals surface area contributed by atoms with Crippen LogP contribution in [0.4, 0.5) is 5.69 Å². The molecule has 0 atom stereocenters. The van der Waals surface area contributed by atoms with Crippen LogP contribution >= 0.6 is 0 Å². The van der Waals surface area contributed by atoms with E-state index < -0.39 is 22.4 Å². The van der Waals surface area contributed by atoms with Crippen LogP contribution in [-0.2, 0) is 0 Å². The smallest absolute Gasteiger partial charge is 0.286 e. The van der Waals surface area contributed by atoms with Crippen LogP contribution < -0.4 is 29.8 Å². The molecule has 1 aliphatic rings. The molecule has 0 aromatic heterocycles. The van der Waals surface area contributed by atoms with Crippen LogP contribution in [0.15, 0.2) is 30.3 Å². The largest absolute Gasteiger partial charge is 0.493 e. The maximum absolute atomic E-state index is 12.6. The number of benzene rings is 2. The number of nitrogens with one attached hydrogen (secondary N) is 2. The molecule has 1 heterocycles. The van der Waals surface area contributed by atoms with E-state index in [1.807, 2.05) is 0 Å². The molecule has 0 saturated heterocycles. The molecule has 11 nitrogen and oxygen atoms in total. The number of hydrazine groups is 1. The molecule has 2 amide bonds. The van der Waals surface area contributed by atoms with Gasteiger partial charge in [-0.15, -0.1) is 0 Å². The molecular weight excluding hydrogens is 434 g/mol. The first kappa shape index (κ1) is 23.6. The first-order valence-electron chi connectivity index (χ1n) is 10.3. The number of carbonyl (C=O) groups excluding carboxylic acids is 2. The van der Waals surface area contributed by atoms with Crippen molar-refractivity contribution in [2.24, 2.45) is 5.92 Å². The molecule has 0 spiro atoms. The van der Waals surface area contributed by atoms with Gasteiger partial charge in [-0.05, 0) is 30.5 Å². The summed E-state index contributed by atoms with van der Waals surface area (Å²) in [6.07, 6.45) is 0.865. The Morgan fingerprint density at radius 2 is 1.73 bits per heavy atom. The lowest BCUT2D eigenvalue weighted by atomic mass is 10.1. The third-order valence-electron chi connectivity index (χ3n) is 4.77. The van der Waals surface area contributed by atoms with Crippen molar-refractivity contribution in [2.45, 2.75) is 20.3 Å². The maximum atomic E-state index is 12.6. The summed E-state index contributed by atoms with van der Waals surface area (Å²) in [6.45, 7) is 5.17. The molecule has 1 aliphatic heterocycles. The second kappa shape index (κ2) is 10.5. The van der Waals surface area contributed by atoms with Gasteiger partial charge in [0.1, 0.15) is 18.8 Å². The van der Waals surface area contributed by atoms with E-state index >= 15 is 0 Å². The van der Waals surface area contributed by atoms with Crippen molar-refractivity contribution in [1.29, 1.82) is 0 Å². The van der Waals surface area contributed by atoms with E-state index in [-0.39, 0.29) is 35.8 Å². The number of hydrogen-bond acceptors (Lipinski definition) is 8. The molecule has 0 fully saturated rings. The van der Waals surface area contributed by atoms with Gasteiger partial charge in [-0.2, -0.15) is 0 Å². The topological polar surface area (TPSA) is 138 Å². The van der Waals surface area contributed by atoms with Gasteiger partial charge in [0.05, 0.1) is 24.7 Å².